The second kappa shape index (κ2) is 6.15. The first kappa shape index (κ1) is 7.15. The van der Waals surface area contributed by atoms with E-state index >= 15 is 0 Å². The molecule has 8 heavy (non-hydrogen) atoms. The monoisotopic (exact) mass is 112 g/mol. The van der Waals surface area contributed by atoms with E-state index in [2.05, 4.69) is 12.3 Å². The molecule has 0 rings (SSSR count). The number of aldehydes is 1. The molecule has 0 bridgehead atoms. The Morgan fingerprint density at radius 1 is 1.62 bits per heavy atom. The molecule has 0 amide bonds. The van der Waals surface area contributed by atoms with E-state index in [1.807, 2.05) is 0 Å². The molecule has 0 aromatic heterocycles. The Bertz CT molecular complexity index is 101. The first-order valence-corrected chi connectivity index (χ1v) is 2.27. The van der Waals surface area contributed by atoms with Gasteiger partial charge < -0.3 is 9.53 Å². The van der Waals surface area contributed by atoms with Gasteiger partial charge in [0.2, 0.25) is 0 Å². The van der Waals surface area contributed by atoms with Crippen LogP contribution < -0.4 is 0 Å². The van der Waals surface area contributed by atoms with E-state index in [4.69, 9.17) is 4.74 Å². The van der Waals surface area contributed by atoms with E-state index in [1.165, 1.54) is 0 Å². The summed E-state index contributed by atoms with van der Waals surface area (Å²) in [5.41, 5.74) is 2.51. The van der Waals surface area contributed by atoms with Gasteiger partial charge in [-0.05, 0) is 6.08 Å². The topological polar surface area (TPSA) is 26.3 Å². The molecular weight excluding hydrogens is 104 g/mol. The molecule has 0 aliphatic rings. The van der Waals surface area contributed by atoms with Gasteiger partial charge in [0, 0.05) is 0 Å². The Kier molecular flexibility index (Phi) is 5.50. The lowest BCUT2D eigenvalue weighted by Gasteiger charge is -1.87. The molecule has 0 aliphatic carbocycles. The fourth-order valence-corrected chi connectivity index (χ4v) is 0.234. The normalized spacial score (nSPS) is 7.50. The van der Waals surface area contributed by atoms with E-state index in [1.54, 1.807) is 6.08 Å². The van der Waals surface area contributed by atoms with Crippen LogP contribution in [0.2, 0.25) is 0 Å². The lowest BCUT2D eigenvalue weighted by molar-refractivity contribution is -0.111. The maximum Gasteiger partial charge on any atom is 0.145 e. The molecule has 0 aromatic rings. The van der Waals surface area contributed by atoms with Crippen molar-refractivity contribution in [2.24, 2.45) is 0 Å². The van der Waals surface area contributed by atoms with Gasteiger partial charge in [0.25, 0.3) is 0 Å². The van der Waals surface area contributed by atoms with Crippen LogP contribution in [0, 0.1) is 0 Å². The van der Waals surface area contributed by atoms with Gasteiger partial charge in [-0.15, -0.1) is 5.73 Å². The average molecular weight is 112 g/mol. The molecule has 2 heteroatoms. The summed E-state index contributed by atoms with van der Waals surface area (Å²) in [6.45, 7) is 3.88. The summed E-state index contributed by atoms with van der Waals surface area (Å²) in [7, 11) is 0. The van der Waals surface area contributed by atoms with E-state index in [0.717, 1.165) is 0 Å². The molecule has 0 N–H and O–H groups in total. The van der Waals surface area contributed by atoms with Crippen LogP contribution in [0.15, 0.2) is 18.4 Å². The quantitative estimate of drug-likeness (QED) is 0.301. The fraction of sp³-hybridized carbons (Fsp3) is 0.333. The molecule has 0 spiro atoms. The molecule has 0 aliphatic heterocycles. The van der Waals surface area contributed by atoms with Crippen LogP contribution in [0.4, 0.5) is 0 Å². The van der Waals surface area contributed by atoms with Gasteiger partial charge in [0.15, 0.2) is 0 Å². The van der Waals surface area contributed by atoms with Crippen molar-refractivity contribution in [1.82, 2.24) is 0 Å². The van der Waals surface area contributed by atoms with Gasteiger partial charge in [-0.1, -0.05) is 6.58 Å². The van der Waals surface area contributed by atoms with E-state index in [0.29, 0.717) is 12.9 Å². The third-order valence-corrected chi connectivity index (χ3v) is 0.531. The third kappa shape index (κ3) is 5.15. The zero-order chi connectivity index (χ0) is 6.24. The molecule has 2 nitrogen and oxygen atoms in total. The SMILES string of the molecule is C=C=CCOCC=O. The fourth-order valence-electron chi connectivity index (χ4n) is 0.234. The molecule has 0 heterocycles. The Morgan fingerprint density at radius 3 is 2.88 bits per heavy atom. The van der Waals surface area contributed by atoms with Crippen molar-refractivity contribution in [3.8, 4) is 0 Å². The predicted molar refractivity (Wildman–Crippen MR) is 30.6 cm³/mol. The number of carbonyl (C=O) groups excluding carboxylic acids is 1. The second-order valence-corrected chi connectivity index (χ2v) is 1.11. The average Bonchev–Trinajstić information content (AvgIpc) is 1.81. The Hall–Kier alpha value is -0.850. The zero-order valence-electron chi connectivity index (χ0n) is 4.59. The van der Waals surface area contributed by atoms with Crippen LogP contribution in [0.1, 0.15) is 0 Å². The first-order chi connectivity index (χ1) is 3.91. The summed E-state index contributed by atoms with van der Waals surface area (Å²) in [4.78, 5) is 9.59. The molecule has 44 valence electrons. The summed E-state index contributed by atoms with van der Waals surface area (Å²) in [6.07, 6.45) is 2.32. The minimum Gasteiger partial charge on any atom is -0.369 e. The number of carbonyl (C=O) groups is 1. The second-order valence-electron chi connectivity index (χ2n) is 1.11. The molecule has 0 aromatic carbocycles. The summed E-state index contributed by atoms with van der Waals surface area (Å²) in [5, 5.41) is 0. The van der Waals surface area contributed by atoms with Gasteiger partial charge in [0.1, 0.15) is 12.9 Å². The number of rotatable bonds is 4. The van der Waals surface area contributed by atoms with E-state index in [-0.39, 0.29) is 6.61 Å². The number of ether oxygens (including phenoxy) is 1. The Labute approximate surface area is 48.5 Å². The van der Waals surface area contributed by atoms with Crippen molar-refractivity contribution in [3.63, 3.8) is 0 Å². The Morgan fingerprint density at radius 2 is 2.38 bits per heavy atom. The molecule has 0 saturated heterocycles. The molecular formula is C6H8O2. The lowest BCUT2D eigenvalue weighted by Crippen LogP contribution is -1.93. The summed E-state index contributed by atoms with van der Waals surface area (Å²) < 4.78 is 4.70. The van der Waals surface area contributed by atoms with Crippen LogP contribution in [0.25, 0.3) is 0 Å². The van der Waals surface area contributed by atoms with Crippen molar-refractivity contribution in [2.75, 3.05) is 13.2 Å². The summed E-state index contributed by atoms with van der Waals surface area (Å²) in [5.74, 6) is 0. The highest BCUT2D eigenvalue weighted by Crippen LogP contribution is 1.70. The molecule has 0 fully saturated rings. The third-order valence-electron chi connectivity index (χ3n) is 0.531. The largest absolute Gasteiger partial charge is 0.369 e. The van der Waals surface area contributed by atoms with Crippen molar-refractivity contribution in [2.45, 2.75) is 0 Å². The van der Waals surface area contributed by atoms with Crippen LogP contribution in [-0.4, -0.2) is 19.5 Å². The van der Waals surface area contributed by atoms with Crippen molar-refractivity contribution >= 4 is 6.29 Å². The first-order valence-electron chi connectivity index (χ1n) is 2.27. The smallest absolute Gasteiger partial charge is 0.145 e. The van der Waals surface area contributed by atoms with Crippen LogP contribution in [-0.2, 0) is 9.53 Å². The minimum absolute atomic E-state index is 0.151. The highest BCUT2D eigenvalue weighted by molar-refractivity contribution is 5.50. The van der Waals surface area contributed by atoms with Crippen molar-refractivity contribution < 1.29 is 9.53 Å². The van der Waals surface area contributed by atoms with Gasteiger partial charge in [-0.25, -0.2) is 0 Å². The molecule has 0 atom stereocenters. The van der Waals surface area contributed by atoms with E-state index in [9.17, 15) is 4.79 Å². The standard InChI is InChI=1S/C6H8O2/c1-2-3-5-8-6-4-7/h3-4H,1,5-6H2. The zero-order valence-corrected chi connectivity index (χ0v) is 4.59. The predicted octanol–water partition coefficient (Wildman–Crippen LogP) is 0.543. The molecule has 0 saturated carbocycles. The van der Waals surface area contributed by atoms with Crippen molar-refractivity contribution in [1.29, 1.82) is 0 Å². The van der Waals surface area contributed by atoms with E-state index < -0.39 is 0 Å². The lowest BCUT2D eigenvalue weighted by atomic mass is 10.6. The van der Waals surface area contributed by atoms with Gasteiger partial charge in [-0.3, -0.25) is 0 Å². The maximum absolute atomic E-state index is 9.59. The molecule has 0 unspecified atom stereocenters. The Balaban J connectivity index is 2.93. The molecule has 0 radical (unpaired) electrons. The number of hydrogen-bond acceptors (Lipinski definition) is 2. The number of hydrogen-bond donors (Lipinski definition) is 0. The highest BCUT2D eigenvalue weighted by atomic mass is 16.5. The van der Waals surface area contributed by atoms with Crippen LogP contribution in [0.3, 0.4) is 0 Å². The minimum atomic E-state index is 0.151. The summed E-state index contributed by atoms with van der Waals surface area (Å²) >= 11 is 0. The van der Waals surface area contributed by atoms with Crippen LogP contribution in [0.5, 0.6) is 0 Å². The van der Waals surface area contributed by atoms with Gasteiger partial charge >= 0.3 is 0 Å². The maximum atomic E-state index is 9.59. The van der Waals surface area contributed by atoms with Gasteiger partial charge in [0.05, 0.1) is 6.61 Å². The summed E-state index contributed by atoms with van der Waals surface area (Å²) in [6, 6.07) is 0. The van der Waals surface area contributed by atoms with Gasteiger partial charge in [-0.2, -0.15) is 0 Å². The van der Waals surface area contributed by atoms with Crippen LogP contribution >= 0.6 is 0 Å². The van der Waals surface area contributed by atoms with Crippen molar-refractivity contribution in [3.05, 3.63) is 18.4 Å². The highest BCUT2D eigenvalue weighted by Gasteiger charge is 1.75.